The van der Waals surface area contributed by atoms with Crippen LogP contribution in [-0.2, 0) is 0 Å². The second-order valence-electron chi connectivity index (χ2n) is 3.95. The lowest BCUT2D eigenvalue weighted by Gasteiger charge is -2.23. The standard InChI is InChI=1S/C9H19NS/c1-8(2)7-10(11)9-5-3-4-6-9/h8-9,11H,3-7H2,1-2H3. The first kappa shape index (κ1) is 9.40. The number of rotatable bonds is 3. The monoisotopic (exact) mass is 173 g/mol. The van der Waals surface area contributed by atoms with E-state index in [-0.39, 0.29) is 0 Å². The summed E-state index contributed by atoms with van der Waals surface area (Å²) >= 11 is 4.50. The van der Waals surface area contributed by atoms with Gasteiger partial charge in [-0.05, 0) is 18.8 Å². The van der Waals surface area contributed by atoms with Gasteiger partial charge >= 0.3 is 0 Å². The molecule has 11 heavy (non-hydrogen) atoms. The molecule has 1 aliphatic rings. The Morgan fingerprint density at radius 1 is 1.36 bits per heavy atom. The second-order valence-corrected chi connectivity index (χ2v) is 4.47. The Bertz CT molecular complexity index is 108. The molecule has 1 aliphatic carbocycles. The maximum Gasteiger partial charge on any atom is 0.0200 e. The third kappa shape index (κ3) is 3.04. The molecule has 0 spiro atoms. The van der Waals surface area contributed by atoms with E-state index in [1.54, 1.807) is 0 Å². The highest BCUT2D eigenvalue weighted by Gasteiger charge is 2.20. The van der Waals surface area contributed by atoms with E-state index in [1.165, 1.54) is 25.7 Å². The third-order valence-electron chi connectivity index (χ3n) is 2.30. The number of hydrogen-bond donors (Lipinski definition) is 1. The minimum atomic E-state index is 0.744. The molecule has 0 radical (unpaired) electrons. The fraction of sp³-hybridized carbons (Fsp3) is 1.00. The van der Waals surface area contributed by atoms with Gasteiger partial charge in [0, 0.05) is 12.6 Å². The van der Waals surface area contributed by atoms with Crippen molar-refractivity contribution in [2.45, 2.75) is 45.6 Å². The highest BCUT2D eigenvalue weighted by atomic mass is 32.1. The van der Waals surface area contributed by atoms with Crippen LogP contribution in [0.2, 0.25) is 0 Å². The van der Waals surface area contributed by atoms with Gasteiger partial charge in [0.15, 0.2) is 0 Å². The summed E-state index contributed by atoms with van der Waals surface area (Å²) in [5, 5.41) is 0. The first-order valence-electron chi connectivity index (χ1n) is 4.65. The van der Waals surface area contributed by atoms with Crippen LogP contribution in [0.3, 0.4) is 0 Å². The maximum atomic E-state index is 4.50. The van der Waals surface area contributed by atoms with Crippen molar-refractivity contribution in [1.29, 1.82) is 0 Å². The van der Waals surface area contributed by atoms with Crippen LogP contribution in [0.1, 0.15) is 39.5 Å². The zero-order valence-corrected chi connectivity index (χ0v) is 8.48. The van der Waals surface area contributed by atoms with Crippen LogP contribution in [0.25, 0.3) is 0 Å². The van der Waals surface area contributed by atoms with Crippen LogP contribution in [0.15, 0.2) is 0 Å². The summed E-state index contributed by atoms with van der Waals surface area (Å²) in [7, 11) is 0. The average molecular weight is 173 g/mol. The van der Waals surface area contributed by atoms with Crippen LogP contribution < -0.4 is 0 Å². The summed E-state index contributed by atoms with van der Waals surface area (Å²) in [6.45, 7) is 5.63. The lowest BCUT2D eigenvalue weighted by atomic mass is 10.2. The Morgan fingerprint density at radius 2 is 1.91 bits per heavy atom. The molecular weight excluding hydrogens is 154 g/mol. The normalized spacial score (nSPS) is 20.5. The van der Waals surface area contributed by atoms with Gasteiger partial charge < -0.3 is 0 Å². The SMILES string of the molecule is CC(C)CN(S)C1CCCC1. The quantitative estimate of drug-likeness (QED) is 0.642. The zero-order valence-electron chi connectivity index (χ0n) is 7.58. The van der Waals surface area contributed by atoms with Crippen molar-refractivity contribution >= 4 is 12.8 Å². The fourth-order valence-corrected chi connectivity index (χ4v) is 2.28. The lowest BCUT2D eigenvalue weighted by Crippen LogP contribution is -2.27. The summed E-state index contributed by atoms with van der Waals surface area (Å²) < 4.78 is 2.23. The van der Waals surface area contributed by atoms with Gasteiger partial charge in [-0.3, -0.25) is 0 Å². The number of hydrogen-bond acceptors (Lipinski definition) is 2. The largest absolute Gasteiger partial charge is 0.250 e. The van der Waals surface area contributed by atoms with Gasteiger partial charge in [-0.25, -0.2) is 4.31 Å². The van der Waals surface area contributed by atoms with E-state index in [0.717, 1.165) is 18.5 Å². The Morgan fingerprint density at radius 3 is 2.36 bits per heavy atom. The smallest absolute Gasteiger partial charge is 0.0200 e. The van der Waals surface area contributed by atoms with Crippen LogP contribution >= 0.6 is 12.8 Å². The Hall–Kier alpha value is 0.310. The fourth-order valence-electron chi connectivity index (χ4n) is 1.73. The van der Waals surface area contributed by atoms with Crippen LogP contribution in [0, 0.1) is 5.92 Å². The van der Waals surface area contributed by atoms with E-state index in [4.69, 9.17) is 0 Å². The molecule has 0 N–H and O–H groups in total. The predicted octanol–water partition coefficient (Wildman–Crippen LogP) is 2.73. The van der Waals surface area contributed by atoms with Crippen molar-refractivity contribution in [3.8, 4) is 0 Å². The third-order valence-corrected chi connectivity index (χ3v) is 2.79. The molecule has 1 rings (SSSR count). The molecule has 1 nitrogen and oxygen atoms in total. The lowest BCUT2D eigenvalue weighted by molar-refractivity contribution is 0.325. The van der Waals surface area contributed by atoms with E-state index in [9.17, 15) is 0 Å². The Balaban J connectivity index is 2.22. The molecule has 0 aromatic rings. The second kappa shape index (κ2) is 4.36. The first-order chi connectivity index (χ1) is 5.20. The van der Waals surface area contributed by atoms with E-state index < -0.39 is 0 Å². The summed E-state index contributed by atoms with van der Waals surface area (Å²) in [5.41, 5.74) is 0. The van der Waals surface area contributed by atoms with Crippen molar-refractivity contribution in [1.82, 2.24) is 4.31 Å². The van der Waals surface area contributed by atoms with Crippen LogP contribution in [0.5, 0.6) is 0 Å². The van der Waals surface area contributed by atoms with Crippen LogP contribution in [0.4, 0.5) is 0 Å². The highest BCUT2D eigenvalue weighted by molar-refractivity contribution is 7.77. The number of thiol groups is 1. The molecule has 0 bridgehead atoms. The minimum absolute atomic E-state index is 0.744. The van der Waals surface area contributed by atoms with Crippen molar-refractivity contribution in [3.05, 3.63) is 0 Å². The molecule has 2 heteroatoms. The van der Waals surface area contributed by atoms with E-state index in [2.05, 4.69) is 31.0 Å². The van der Waals surface area contributed by atoms with E-state index in [1.807, 2.05) is 0 Å². The van der Waals surface area contributed by atoms with Gasteiger partial charge in [-0.1, -0.05) is 39.5 Å². The molecule has 0 atom stereocenters. The average Bonchev–Trinajstić information content (AvgIpc) is 2.35. The minimum Gasteiger partial charge on any atom is -0.250 e. The predicted molar refractivity (Wildman–Crippen MR) is 52.8 cm³/mol. The highest BCUT2D eigenvalue weighted by Crippen LogP contribution is 2.25. The molecule has 0 saturated heterocycles. The van der Waals surface area contributed by atoms with Gasteiger partial charge in [0.25, 0.3) is 0 Å². The molecule has 1 saturated carbocycles. The molecule has 0 unspecified atom stereocenters. The molecule has 0 aromatic carbocycles. The summed E-state index contributed by atoms with van der Waals surface area (Å²) in [5.74, 6) is 0.744. The summed E-state index contributed by atoms with van der Waals surface area (Å²) in [6.07, 6.45) is 5.52. The van der Waals surface area contributed by atoms with Gasteiger partial charge in [0.05, 0.1) is 0 Å². The van der Waals surface area contributed by atoms with Crippen LogP contribution in [-0.4, -0.2) is 16.9 Å². The molecule has 66 valence electrons. The zero-order chi connectivity index (χ0) is 8.27. The van der Waals surface area contributed by atoms with Crippen molar-refractivity contribution in [3.63, 3.8) is 0 Å². The van der Waals surface area contributed by atoms with Gasteiger partial charge in [-0.15, -0.1) is 0 Å². The van der Waals surface area contributed by atoms with Crippen molar-refractivity contribution < 1.29 is 0 Å². The molecule has 0 aliphatic heterocycles. The van der Waals surface area contributed by atoms with Gasteiger partial charge in [0.1, 0.15) is 0 Å². The summed E-state index contributed by atoms with van der Waals surface area (Å²) in [6, 6.07) is 0.765. The molecule has 1 fully saturated rings. The Labute approximate surface area is 75.7 Å². The maximum absolute atomic E-state index is 4.50. The topological polar surface area (TPSA) is 3.24 Å². The summed E-state index contributed by atoms with van der Waals surface area (Å²) in [4.78, 5) is 0. The van der Waals surface area contributed by atoms with E-state index in [0.29, 0.717) is 0 Å². The molecular formula is C9H19NS. The number of nitrogens with zero attached hydrogens (tertiary/aromatic N) is 1. The van der Waals surface area contributed by atoms with Gasteiger partial charge in [0.2, 0.25) is 0 Å². The van der Waals surface area contributed by atoms with E-state index >= 15 is 0 Å². The molecule has 0 amide bonds. The van der Waals surface area contributed by atoms with Crippen molar-refractivity contribution in [2.24, 2.45) is 5.92 Å². The van der Waals surface area contributed by atoms with Crippen molar-refractivity contribution in [2.75, 3.05) is 6.54 Å². The first-order valence-corrected chi connectivity index (χ1v) is 5.05. The molecule has 0 heterocycles. The Kier molecular flexibility index (Phi) is 3.73. The van der Waals surface area contributed by atoms with Gasteiger partial charge in [-0.2, -0.15) is 0 Å². The molecule has 0 aromatic heterocycles.